The number of hydrogen-bond acceptors (Lipinski definition) is 5. The Morgan fingerprint density at radius 1 is 1.53 bits per heavy atom. The molecule has 0 amide bonds. The van der Waals surface area contributed by atoms with Gasteiger partial charge in [-0.15, -0.1) is 0 Å². The minimum absolute atomic E-state index is 0.390. The van der Waals surface area contributed by atoms with Crippen molar-refractivity contribution in [1.29, 1.82) is 0 Å². The minimum Gasteiger partial charge on any atom is -0.382 e. The first kappa shape index (κ1) is 14.5. The predicted molar refractivity (Wildman–Crippen MR) is 72.6 cm³/mol. The van der Waals surface area contributed by atoms with Crippen molar-refractivity contribution in [2.45, 2.75) is 57.9 Å². The molecule has 5 nitrogen and oxygen atoms in total. The molecule has 0 radical (unpaired) electrons. The molecular formula is C14H25N3O2. The average molecular weight is 267 g/mol. The molecule has 0 aromatic carbocycles. The van der Waals surface area contributed by atoms with E-state index in [1.54, 1.807) is 0 Å². The molecule has 1 aromatic rings. The molecule has 1 aliphatic rings. The summed E-state index contributed by atoms with van der Waals surface area (Å²) in [4.78, 5) is 4.48. The fraction of sp³-hybridized carbons (Fsp3) is 0.857. The predicted octanol–water partition coefficient (Wildman–Crippen LogP) is 2.40. The van der Waals surface area contributed by atoms with Crippen molar-refractivity contribution in [2.75, 3.05) is 13.2 Å². The number of rotatable bonds is 6. The lowest BCUT2D eigenvalue weighted by molar-refractivity contribution is 0.143. The zero-order valence-corrected chi connectivity index (χ0v) is 12.0. The van der Waals surface area contributed by atoms with E-state index in [9.17, 15) is 0 Å². The molecule has 0 aliphatic heterocycles. The first-order chi connectivity index (χ1) is 9.14. The number of aromatic nitrogens is 2. The molecule has 1 fully saturated rings. The molecule has 2 N–H and O–H groups in total. The molecule has 19 heavy (non-hydrogen) atoms. The third-order valence-corrected chi connectivity index (χ3v) is 3.83. The fourth-order valence-corrected chi connectivity index (χ4v) is 2.82. The molecule has 0 spiro atoms. The summed E-state index contributed by atoms with van der Waals surface area (Å²) < 4.78 is 10.6. The molecule has 1 heterocycles. The van der Waals surface area contributed by atoms with Crippen LogP contribution < -0.4 is 5.73 Å². The summed E-state index contributed by atoms with van der Waals surface area (Å²) in [6.07, 6.45) is 5.96. The van der Waals surface area contributed by atoms with Crippen LogP contribution in [0, 0.1) is 5.92 Å². The maximum atomic E-state index is 6.45. The third kappa shape index (κ3) is 3.76. The van der Waals surface area contributed by atoms with Gasteiger partial charge in [-0.2, -0.15) is 4.98 Å². The lowest BCUT2D eigenvalue weighted by Crippen LogP contribution is -2.42. The van der Waals surface area contributed by atoms with E-state index in [0.29, 0.717) is 17.6 Å². The topological polar surface area (TPSA) is 74.2 Å². The standard InChI is InChI=1S/C14H25N3O2/c1-3-18-9-5-7-12-16-13(17-19-12)14(15)8-4-6-11(2)10-14/h11H,3-10,15H2,1-2H3. The molecule has 0 saturated heterocycles. The van der Waals surface area contributed by atoms with Crippen molar-refractivity contribution in [2.24, 2.45) is 11.7 Å². The first-order valence-corrected chi connectivity index (χ1v) is 7.34. The van der Waals surface area contributed by atoms with E-state index in [-0.39, 0.29) is 5.54 Å². The van der Waals surface area contributed by atoms with Crippen molar-refractivity contribution >= 4 is 0 Å². The quantitative estimate of drug-likeness (QED) is 0.801. The van der Waals surface area contributed by atoms with Gasteiger partial charge in [-0.1, -0.05) is 24.9 Å². The summed E-state index contributed by atoms with van der Waals surface area (Å²) in [5.74, 6) is 2.00. The van der Waals surface area contributed by atoms with Gasteiger partial charge in [0, 0.05) is 19.6 Å². The molecule has 2 rings (SSSR count). The zero-order chi connectivity index (χ0) is 13.7. The van der Waals surface area contributed by atoms with Gasteiger partial charge in [-0.05, 0) is 32.1 Å². The van der Waals surface area contributed by atoms with Gasteiger partial charge in [0.2, 0.25) is 5.89 Å². The van der Waals surface area contributed by atoms with Crippen LogP contribution in [0.2, 0.25) is 0 Å². The van der Waals surface area contributed by atoms with Crippen molar-refractivity contribution in [3.8, 4) is 0 Å². The Morgan fingerprint density at radius 3 is 3.11 bits per heavy atom. The van der Waals surface area contributed by atoms with Crippen LogP contribution >= 0.6 is 0 Å². The number of nitrogens with zero attached hydrogens (tertiary/aromatic N) is 2. The van der Waals surface area contributed by atoms with Crippen LogP contribution in [-0.4, -0.2) is 23.4 Å². The third-order valence-electron chi connectivity index (χ3n) is 3.83. The Morgan fingerprint density at radius 2 is 2.37 bits per heavy atom. The van der Waals surface area contributed by atoms with E-state index in [4.69, 9.17) is 15.0 Å². The molecule has 108 valence electrons. The van der Waals surface area contributed by atoms with E-state index in [0.717, 1.165) is 45.3 Å². The van der Waals surface area contributed by atoms with Crippen LogP contribution in [0.4, 0.5) is 0 Å². The second kappa shape index (κ2) is 6.48. The molecule has 2 unspecified atom stereocenters. The van der Waals surface area contributed by atoms with Crippen molar-refractivity contribution in [3.63, 3.8) is 0 Å². The Hall–Kier alpha value is -0.940. The normalized spacial score (nSPS) is 27.6. The molecule has 2 atom stereocenters. The van der Waals surface area contributed by atoms with Gasteiger partial charge in [0.15, 0.2) is 5.82 Å². The average Bonchev–Trinajstić information content (AvgIpc) is 2.84. The Bertz CT molecular complexity index is 394. The molecule has 1 aliphatic carbocycles. The second-order valence-corrected chi connectivity index (χ2v) is 5.67. The van der Waals surface area contributed by atoms with Gasteiger partial charge in [0.25, 0.3) is 0 Å². The smallest absolute Gasteiger partial charge is 0.226 e. The number of hydrogen-bond donors (Lipinski definition) is 1. The van der Waals surface area contributed by atoms with E-state index in [1.165, 1.54) is 6.42 Å². The Labute approximate surface area is 114 Å². The highest BCUT2D eigenvalue weighted by atomic mass is 16.5. The number of ether oxygens (including phenoxy) is 1. The second-order valence-electron chi connectivity index (χ2n) is 5.67. The van der Waals surface area contributed by atoms with Gasteiger partial charge in [0.05, 0.1) is 5.54 Å². The maximum Gasteiger partial charge on any atom is 0.226 e. The van der Waals surface area contributed by atoms with E-state index < -0.39 is 0 Å². The number of nitrogens with two attached hydrogens (primary N) is 1. The molecule has 0 bridgehead atoms. The van der Waals surface area contributed by atoms with Crippen LogP contribution in [0.15, 0.2) is 4.52 Å². The molecule has 1 aromatic heterocycles. The monoisotopic (exact) mass is 267 g/mol. The molecule has 1 saturated carbocycles. The molecular weight excluding hydrogens is 242 g/mol. The summed E-state index contributed by atoms with van der Waals surface area (Å²) in [7, 11) is 0. The first-order valence-electron chi connectivity index (χ1n) is 7.34. The van der Waals surface area contributed by atoms with Gasteiger partial charge < -0.3 is 15.0 Å². The highest BCUT2D eigenvalue weighted by Crippen LogP contribution is 2.36. The summed E-state index contributed by atoms with van der Waals surface area (Å²) in [5.41, 5.74) is 6.06. The highest BCUT2D eigenvalue weighted by molar-refractivity contribution is 5.06. The van der Waals surface area contributed by atoms with Gasteiger partial charge >= 0.3 is 0 Å². The maximum absolute atomic E-state index is 6.45. The fourth-order valence-electron chi connectivity index (χ4n) is 2.82. The molecule has 5 heteroatoms. The Balaban J connectivity index is 1.92. The van der Waals surface area contributed by atoms with Crippen LogP contribution in [0.25, 0.3) is 0 Å². The highest BCUT2D eigenvalue weighted by Gasteiger charge is 2.36. The Kier molecular flexibility index (Phi) is 4.93. The minimum atomic E-state index is -0.390. The lowest BCUT2D eigenvalue weighted by Gasteiger charge is -2.33. The van der Waals surface area contributed by atoms with Crippen molar-refractivity contribution in [3.05, 3.63) is 11.7 Å². The van der Waals surface area contributed by atoms with Crippen LogP contribution in [0.5, 0.6) is 0 Å². The van der Waals surface area contributed by atoms with Crippen LogP contribution in [-0.2, 0) is 16.7 Å². The van der Waals surface area contributed by atoms with Gasteiger partial charge in [0.1, 0.15) is 0 Å². The lowest BCUT2D eigenvalue weighted by atomic mass is 9.76. The van der Waals surface area contributed by atoms with Gasteiger partial charge in [-0.25, -0.2) is 0 Å². The SMILES string of the molecule is CCOCCCc1nc(C2(N)CCCC(C)C2)no1. The van der Waals surface area contributed by atoms with Crippen LogP contribution in [0.3, 0.4) is 0 Å². The summed E-state index contributed by atoms with van der Waals surface area (Å²) >= 11 is 0. The van der Waals surface area contributed by atoms with Crippen molar-refractivity contribution < 1.29 is 9.26 Å². The van der Waals surface area contributed by atoms with E-state index in [1.807, 2.05) is 6.92 Å². The zero-order valence-electron chi connectivity index (χ0n) is 12.0. The van der Waals surface area contributed by atoms with E-state index in [2.05, 4.69) is 17.1 Å². The summed E-state index contributed by atoms with van der Waals surface area (Å²) in [6.45, 7) is 5.72. The van der Waals surface area contributed by atoms with Crippen molar-refractivity contribution in [1.82, 2.24) is 10.1 Å². The van der Waals surface area contributed by atoms with Gasteiger partial charge in [-0.3, -0.25) is 0 Å². The summed E-state index contributed by atoms with van der Waals surface area (Å²) in [6, 6.07) is 0. The van der Waals surface area contributed by atoms with E-state index >= 15 is 0 Å². The van der Waals surface area contributed by atoms with Crippen LogP contribution in [0.1, 0.15) is 57.7 Å². The number of aryl methyl sites for hydroxylation is 1. The largest absolute Gasteiger partial charge is 0.382 e. The summed E-state index contributed by atoms with van der Waals surface area (Å²) in [5, 5.41) is 4.09.